The average molecular weight is 137 g/mol. The van der Waals surface area contributed by atoms with Crippen LogP contribution in [0.3, 0.4) is 0 Å². The van der Waals surface area contributed by atoms with E-state index < -0.39 is 7.12 Å². The van der Waals surface area contributed by atoms with Crippen molar-refractivity contribution in [3.8, 4) is 0 Å². The molecular weight excluding hydrogens is 129 g/mol. The van der Waals surface area contributed by atoms with Crippen LogP contribution in [0.4, 0.5) is 0 Å². The molecule has 52 valence electrons. The molecule has 0 saturated carbocycles. The monoisotopic (exact) mass is 137 g/mol. The number of hydrogen-bond acceptors (Lipinski definition) is 3. The number of rotatable bonds is 1. The topological polar surface area (TPSA) is 53.4 Å². The Hall–Kier alpha value is -0.865. The summed E-state index contributed by atoms with van der Waals surface area (Å²) in [6, 6.07) is 3.43. The molecule has 1 aromatic heterocycles. The zero-order chi connectivity index (χ0) is 7.56. The highest BCUT2D eigenvalue weighted by Crippen LogP contribution is 1.89. The van der Waals surface area contributed by atoms with Crippen molar-refractivity contribution in [1.82, 2.24) is 4.98 Å². The summed E-state index contributed by atoms with van der Waals surface area (Å²) in [6.07, 6.45) is 1.55. The van der Waals surface area contributed by atoms with E-state index in [0.29, 0.717) is 5.59 Å². The van der Waals surface area contributed by atoms with Crippen LogP contribution < -0.4 is 5.59 Å². The van der Waals surface area contributed by atoms with E-state index in [-0.39, 0.29) is 0 Å². The first-order valence-electron chi connectivity index (χ1n) is 2.99. The molecule has 0 atom stereocenters. The van der Waals surface area contributed by atoms with Crippen molar-refractivity contribution in [1.29, 1.82) is 0 Å². The molecule has 0 bridgehead atoms. The molecule has 1 rings (SSSR count). The van der Waals surface area contributed by atoms with E-state index in [9.17, 15) is 0 Å². The second-order valence-electron chi connectivity index (χ2n) is 2.13. The van der Waals surface area contributed by atoms with Crippen molar-refractivity contribution >= 4 is 12.7 Å². The Labute approximate surface area is 59.5 Å². The first-order chi connectivity index (χ1) is 4.70. The minimum Gasteiger partial charge on any atom is -0.422 e. The Balaban J connectivity index is 2.96. The molecular formula is C6H8BNO2. The Kier molecular flexibility index (Phi) is 2.04. The number of aryl methyl sites for hydroxylation is 1. The predicted molar refractivity (Wildman–Crippen MR) is 38.8 cm³/mol. The lowest BCUT2D eigenvalue weighted by molar-refractivity contribution is 0.424. The first-order valence-corrected chi connectivity index (χ1v) is 2.99. The highest BCUT2D eigenvalue weighted by molar-refractivity contribution is 6.57. The van der Waals surface area contributed by atoms with E-state index in [4.69, 9.17) is 10.0 Å². The number of aromatic nitrogens is 1. The van der Waals surface area contributed by atoms with E-state index in [2.05, 4.69) is 4.98 Å². The fourth-order valence-electron chi connectivity index (χ4n) is 0.701. The summed E-state index contributed by atoms with van der Waals surface area (Å²) in [5.74, 6) is 0. The van der Waals surface area contributed by atoms with Gasteiger partial charge in [-0.3, -0.25) is 4.98 Å². The van der Waals surface area contributed by atoms with Gasteiger partial charge in [0.05, 0.1) is 5.59 Å². The Morgan fingerprint density at radius 2 is 2.20 bits per heavy atom. The Morgan fingerprint density at radius 3 is 2.60 bits per heavy atom. The molecule has 0 saturated heterocycles. The van der Waals surface area contributed by atoms with Crippen LogP contribution >= 0.6 is 0 Å². The standard InChI is InChI=1S/C6H8BNO2/c1-5-2-3-8-6(4-5)7(9)10/h2-4,9-10H,1H3. The molecule has 0 radical (unpaired) electrons. The second kappa shape index (κ2) is 2.81. The number of nitrogens with zero attached hydrogens (tertiary/aromatic N) is 1. The van der Waals surface area contributed by atoms with Crippen LogP contribution in [0.15, 0.2) is 18.3 Å². The fraction of sp³-hybridized carbons (Fsp3) is 0.167. The summed E-state index contributed by atoms with van der Waals surface area (Å²) in [5.41, 5.74) is 1.26. The molecule has 0 amide bonds. The normalized spacial score (nSPS) is 9.50. The molecule has 0 fully saturated rings. The van der Waals surface area contributed by atoms with Gasteiger partial charge in [0.25, 0.3) is 0 Å². The van der Waals surface area contributed by atoms with Gasteiger partial charge in [-0.05, 0) is 24.6 Å². The Bertz CT molecular complexity index is 227. The van der Waals surface area contributed by atoms with E-state index in [1.165, 1.54) is 0 Å². The molecule has 3 nitrogen and oxygen atoms in total. The quantitative estimate of drug-likeness (QED) is 0.491. The summed E-state index contributed by atoms with van der Waals surface area (Å²) >= 11 is 0. The molecule has 0 unspecified atom stereocenters. The lowest BCUT2D eigenvalue weighted by Gasteiger charge is -1.97. The first kappa shape index (κ1) is 7.24. The van der Waals surface area contributed by atoms with Crippen molar-refractivity contribution in [2.24, 2.45) is 0 Å². The van der Waals surface area contributed by atoms with Gasteiger partial charge in [-0.15, -0.1) is 0 Å². The van der Waals surface area contributed by atoms with E-state index >= 15 is 0 Å². The number of pyridine rings is 1. The third-order valence-corrected chi connectivity index (χ3v) is 1.20. The van der Waals surface area contributed by atoms with Crippen molar-refractivity contribution in [2.75, 3.05) is 0 Å². The molecule has 0 aliphatic heterocycles. The SMILES string of the molecule is Cc1ccnc(B(O)O)c1. The minimum absolute atomic E-state index is 0.292. The maximum Gasteiger partial charge on any atom is 0.508 e. The average Bonchev–Trinajstić information content (AvgIpc) is 1.88. The molecule has 2 N–H and O–H groups in total. The molecule has 1 aromatic rings. The van der Waals surface area contributed by atoms with Gasteiger partial charge in [0.2, 0.25) is 0 Å². The van der Waals surface area contributed by atoms with Crippen LogP contribution in [0.2, 0.25) is 0 Å². The summed E-state index contributed by atoms with van der Waals surface area (Å²) in [7, 11) is -1.46. The van der Waals surface area contributed by atoms with Crippen LogP contribution in [0.25, 0.3) is 0 Å². The third-order valence-electron chi connectivity index (χ3n) is 1.20. The van der Waals surface area contributed by atoms with Gasteiger partial charge in [-0.25, -0.2) is 0 Å². The summed E-state index contributed by atoms with van der Waals surface area (Å²) < 4.78 is 0. The van der Waals surface area contributed by atoms with Crippen LogP contribution in [-0.4, -0.2) is 22.2 Å². The Morgan fingerprint density at radius 1 is 1.50 bits per heavy atom. The van der Waals surface area contributed by atoms with Crippen molar-refractivity contribution < 1.29 is 10.0 Å². The third kappa shape index (κ3) is 1.56. The van der Waals surface area contributed by atoms with Gasteiger partial charge in [-0.2, -0.15) is 0 Å². The van der Waals surface area contributed by atoms with Gasteiger partial charge in [0, 0.05) is 6.20 Å². The lowest BCUT2D eigenvalue weighted by Crippen LogP contribution is -2.32. The number of hydrogen-bond donors (Lipinski definition) is 2. The zero-order valence-electron chi connectivity index (χ0n) is 5.65. The zero-order valence-corrected chi connectivity index (χ0v) is 5.65. The minimum atomic E-state index is -1.46. The van der Waals surface area contributed by atoms with Crippen molar-refractivity contribution in [2.45, 2.75) is 6.92 Å². The molecule has 10 heavy (non-hydrogen) atoms. The van der Waals surface area contributed by atoms with Crippen LogP contribution in [0, 0.1) is 6.92 Å². The highest BCUT2D eigenvalue weighted by atomic mass is 16.4. The van der Waals surface area contributed by atoms with Crippen molar-refractivity contribution in [3.05, 3.63) is 23.9 Å². The summed E-state index contributed by atoms with van der Waals surface area (Å²) in [6.45, 7) is 1.87. The van der Waals surface area contributed by atoms with Gasteiger partial charge in [0.15, 0.2) is 0 Å². The van der Waals surface area contributed by atoms with Crippen LogP contribution in [-0.2, 0) is 0 Å². The van der Waals surface area contributed by atoms with Gasteiger partial charge < -0.3 is 10.0 Å². The molecule has 1 heterocycles. The maximum atomic E-state index is 8.64. The molecule has 4 heteroatoms. The van der Waals surface area contributed by atoms with Crippen LogP contribution in [0.5, 0.6) is 0 Å². The maximum absolute atomic E-state index is 8.64. The van der Waals surface area contributed by atoms with Crippen molar-refractivity contribution in [3.63, 3.8) is 0 Å². The van der Waals surface area contributed by atoms with Gasteiger partial charge >= 0.3 is 7.12 Å². The molecule has 0 aromatic carbocycles. The van der Waals surface area contributed by atoms with E-state index in [1.54, 1.807) is 18.3 Å². The lowest BCUT2D eigenvalue weighted by atomic mass is 9.85. The fourth-order valence-corrected chi connectivity index (χ4v) is 0.701. The van der Waals surface area contributed by atoms with Crippen LogP contribution in [0.1, 0.15) is 5.56 Å². The molecule has 0 aliphatic rings. The van der Waals surface area contributed by atoms with Gasteiger partial charge in [-0.1, -0.05) is 0 Å². The summed E-state index contributed by atoms with van der Waals surface area (Å²) in [5, 5.41) is 17.3. The smallest absolute Gasteiger partial charge is 0.422 e. The highest BCUT2D eigenvalue weighted by Gasteiger charge is 2.11. The van der Waals surface area contributed by atoms with E-state index in [0.717, 1.165) is 5.56 Å². The van der Waals surface area contributed by atoms with Gasteiger partial charge in [0.1, 0.15) is 0 Å². The largest absolute Gasteiger partial charge is 0.508 e. The predicted octanol–water partition coefficient (Wildman–Crippen LogP) is -0.930. The summed E-state index contributed by atoms with van der Waals surface area (Å²) in [4.78, 5) is 3.74. The van der Waals surface area contributed by atoms with E-state index in [1.807, 2.05) is 6.92 Å². The molecule has 0 aliphatic carbocycles. The second-order valence-corrected chi connectivity index (χ2v) is 2.13. The molecule has 0 spiro atoms.